The Kier molecular flexibility index (Phi) is 11.5. The van der Waals surface area contributed by atoms with Gasteiger partial charge in [-0.2, -0.15) is 0 Å². The van der Waals surface area contributed by atoms with E-state index >= 15 is 0 Å². The molecule has 3 heteroatoms. The Morgan fingerprint density at radius 3 is 1.94 bits per heavy atom. The van der Waals surface area contributed by atoms with E-state index in [-0.39, 0.29) is 11.7 Å². The van der Waals surface area contributed by atoms with Gasteiger partial charge in [0.2, 0.25) is 0 Å². The molecule has 0 aromatic rings. The quantitative estimate of drug-likeness (QED) is 0.735. The number of ether oxygens (including phenoxy) is 2. The van der Waals surface area contributed by atoms with Gasteiger partial charge in [0.25, 0.3) is 0 Å². The van der Waals surface area contributed by atoms with E-state index in [1.165, 1.54) is 7.05 Å². The second-order valence-electron chi connectivity index (χ2n) is 5.15. The number of hydrogen-bond donors (Lipinski definition) is 1. The highest BCUT2D eigenvalue weighted by atomic mass is 16.5. The van der Waals surface area contributed by atoms with Gasteiger partial charge in [-0.1, -0.05) is 13.8 Å². The molecular weight excluding hydrogens is 202 g/mol. The molecule has 0 fully saturated rings. The number of rotatable bonds is 7. The van der Waals surface area contributed by atoms with Crippen LogP contribution in [-0.2, 0) is 9.47 Å². The molecule has 0 aliphatic heterocycles. The van der Waals surface area contributed by atoms with Crippen molar-refractivity contribution < 1.29 is 9.47 Å². The summed E-state index contributed by atoms with van der Waals surface area (Å²) in [6.45, 7) is 14.2. The van der Waals surface area contributed by atoms with Crippen molar-refractivity contribution in [2.24, 2.45) is 11.7 Å². The summed E-state index contributed by atoms with van der Waals surface area (Å²) < 4.78 is 11.3. The molecule has 0 aliphatic rings. The molecule has 0 unspecified atom stereocenters. The van der Waals surface area contributed by atoms with Crippen LogP contribution in [0.3, 0.4) is 0 Å². The average Bonchev–Trinajstić information content (AvgIpc) is 2.17. The Bertz CT molecular complexity index is 145. The molecular formula is C13H31NO2. The Morgan fingerprint density at radius 1 is 1.06 bits per heavy atom. The summed E-state index contributed by atoms with van der Waals surface area (Å²) in [7, 11) is 1.50. The molecule has 0 radical (unpaired) electrons. The van der Waals surface area contributed by atoms with Gasteiger partial charge in [0.1, 0.15) is 0 Å². The van der Waals surface area contributed by atoms with E-state index < -0.39 is 0 Å². The van der Waals surface area contributed by atoms with Crippen molar-refractivity contribution in [3.05, 3.63) is 0 Å². The highest BCUT2D eigenvalue weighted by Crippen LogP contribution is 2.12. The van der Waals surface area contributed by atoms with Gasteiger partial charge >= 0.3 is 0 Å². The normalized spacial score (nSPS) is 11.6. The molecule has 0 aromatic carbocycles. The van der Waals surface area contributed by atoms with E-state index in [1.807, 2.05) is 13.8 Å². The van der Waals surface area contributed by atoms with Gasteiger partial charge in [0.05, 0.1) is 18.3 Å². The highest BCUT2D eigenvalue weighted by molar-refractivity contribution is 4.68. The van der Waals surface area contributed by atoms with Crippen molar-refractivity contribution in [2.75, 3.05) is 20.3 Å². The van der Waals surface area contributed by atoms with Gasteiger partial charge < -0.3 is 15.2 Å². The molecule has 0 atom stereocenters. The first kappa shape index (κ1) is 18.3. The van der Waals surface area contributed by atoms with Crippen LogP contribution in [0.25, 0.3) is 0 Å². The van der Waals surface area contributed by atoms with Crippen LogP contribution >= 0.6 is 0 Å². The molecule has 16 heavy (non-hydrogen) atoms. The smallest absolute Gasteiger partial charge is 0.0859 e. The average molecular weight is 233 g/mol. The van der Waals surface area contributed by atoms with Gasteiger partial charge in [0.15, 0.2) is 0 Å². The van der Waals surface area contributed by atoms with Crippen molar-refractivity contribution in [3.63, 3.8) is 0 Å². The fourth-order valence-electron chi connectivity index (χ4n) is 0.980. The van der Waals surface area contributed by atoms with Crippen molar-refractivity contribution in [1.82, 2.24) is 0 Å². The first-order valence-corrected chi connectivity index (χ1v) is 6.17. The number of nitrogens with two attached hydrogens (primary N) is 1. The van der Waals surface area contributed by atoms with Crippen LogP contribution in [0.1, 0.15) is 48.0 Å². The van der Waals surface area contributed by atoms with Crippen LogP contribution in [0.2, 0.25) is 0 Å². The summed E-state index contributed by atoms with van der Waals surface area (Å²) in [5, 5.41) is 0. The van der Waals surface area contributed by atoms with Crippen LogP contribution in [0.4, 0.5) is 0 Å². The van der Waals surface area contributed by atoms with Gasteiger partial charge in [0, 0.05) is 6.61 Å². The second kappa shape index (κ2) is 10.1. The van der Waals surface area contributed by atoms with Crippen LogP contribution in [0, 0.1) is 5.92 Å². The molecule has 3 nitrogen and oxygen atoms in total. The minimum absolute atomic E-state index is 0.154. The minimum Gasteiger partial charge on any atom is -0.376 e. The van der Waals surface area contributed by atoms with E-state index in [9.17, 15) is 0 Å². The Labute approximate surface area is 102 Å². The fourth-order valence-corrected chi connectivity index (χ4v) is 0.980. The van der Waals surface area contributed by atoms with E-state index in [4.69, 9.17) is 9.47 Å². The molecule has 0 heterocycles. The van der Waals surface area contributed by atoms with Gasteiger partial charge in [-0.15, -0.1) is 0 Å². The third-order valence-corrected chi connectivity index (χ3v) is 1.95. The lowest BCUT2D eigenvalue weighted by atomic mass is 10.1. The number of hydrogen-bond acceptors (Lipinski definition) is 3. The molecule has 0 rings (SSSR count). The SMILES string of the molecule is CC(C)CCOC(C)(C)COC(C)C.CN. The van der Waals surface area contributed by atoms with E-state index in [0.29, 0.717) is 12.5 Å². The molecule has 2 N–H and O–H groups in total. The maximum absolute atomic E-state index is 5.77. The third-order valence-electron chi connectivity index (χ3n) is 1.95. The van der Waals surface area contributed by atoms with E-state index in [1.54, 1.807) is 0 Å². The first-order chi connectivity index (χ1) is 7.33. The molecule has 100 valence electrons. The molecule has 0 saturated carbocycles. The van der Waals surface area contributed by atoms with Gasteiger partial charge in [-0.3, -0.25) is 0 Å². The van der Waals surface area contributed by atoms with Crippen LogP contribution < -0.4 is 5.73 Å². The summed E-state index contributed by atoms with van der Waals surface area (Å²) in [4.78, 5) is 0. The molecule has 0 amide bonds. The summed E-state index contributed by atoms with van der Waals surface area (Å²) in [6.07, 6.45) is 1.40. The van der Waals surface area contributed by atoms with Gasteiger partial charge in [-0.05, 0) is 47.1 Å². The minimum atomic E-state index is -0.154. The predicted octanol–water partition coefficient (Wildman–Crippen LogP) is 2.83. The Hall–Kier alpha value is -0.120. The lowest BCUT2D eigenvalue weighted by Crippen LogP contribution is -2.32. The topological polar surface area (TPSA) is 44.5 Å². The highest BCUT2D eigenvalue weighted by Gasteiger charge is 2.19. The first-order valence-electron chi connectivity index (χ1n) is 6.17. The molecule has 0 spiro atoms. The standard InChI is InChI=1S/C12H26O2.CH5N/c1-10(2)7-8-14-12(5,6)9-13-11(3)4;1-2/h10-11H,7-9H2,1-6H3;2H2,1H3. The maximum Gasteiger partial charge on any atom is 0.0859 e. The Morgan fingerprint density at radius 2 is 1.56 bits per heavy atom. The van der Waals surface area contributed by atoms with Crippen molar-refractivity contribution in [2.45, 2.75) is 59.7 Å². The summed E-state index contributed by atoms with van der Waals surface area (Å²) in [6, 6.07) is 0. The van der Waals surface area contributed by atoms with Crippen molar-refractivity contribution >= 4 is 0 Å². The Balaban J connectivity index is 0. The van der Waals surface area contributed by atoms with E-state index in [2.05, 4.69) is 33.4 Å². The summed E-state index contributed by atoms with van der Waals surface area (Å²) >= 11 is 0. The van der Waals surface area contributed by atoms with Crippen LogP contribution in [-0.4, -0.2) is 32.0 Å². The zero-order chi connectivity index (χ0) is 13.2. The molecule has 0 bridgehead atoms. The summed E-state index contributed by atoms with van der Waals surface area (Å²) in [5.74, 6) is 0.705. The zero-order valence-electron chi connectivity index (χ0n) is 12.2. The fraction of sp³-hybridized carbons (Fsp3) is 1.00. The van der Waals surface area contributed by atoms with Crippen molar-refractivity contribution in [1.29, 1.82) is 0 Å². The molecule has 0 saturated heterocycles. The van der Waals surface area contributed by atoms with Crippen molar-refractivity contribution in [3.8, 4) is 0 Å². The lowest BCUT2D eigenvalue weighted by Gasteiger charge is -2.26. The summed E-state index contributed by atoms with van der Waals surface area (Å²) in [5.41, 5.74) is 4.35. The van der Waals surface area contributed by atoms with Crippen LogP contribution in [0.5, 0.6) is 0 Å². The van der Waals surface area contributed by atoms with Gasteiger partial charge in [-0.25, -0.2) is 0 Å². The predicted molar refractivity (Wildman–Crippen MR) is 70.7 cm³/mol. The van der Waals surface area contributed by atoms with E-state index in [0.717, 1.165) is 13.0 Å². The second-order valence-corrected chi connectivity index (χ2v) is 5.15. The zero-order valence-corrected chi connectivity index (χ0v) is 12.2. The largest absolute Gasteiger partial charge is 0.376 e. The molecule has 0 aromatic heterocycles. The third kappa shape index (κ3) is 13.9. The maximum atomic E-state index is 5.77. The van der Waals surface area contributed by atoms with Crippen LogP contribution in [0.15, 0.2) is 0 Å². The monoisotopic (exact) mass is 233 g/mol. The molecule has 0 aliphatic carbocycles. The lowest BCUT2D eigenvalue weighted by molar-refractivity contribution is -0.0900.